The van der Waals surface area contributed by atoms with Crippen LogP contribution in [-0.2, 0) is 22.6 Å². The fourth-order valence-corrected chi connectivity index (χ4v) is 1.67. The van der Waals surface area contributed by atoms with E-state index in [4.69, 9.17) is 24.2 Å². The lowest BCUT2D eigenvalue weighted by atomic mass is 10.1. The van der Waals surface area contributed by atoms with E-state index >= 15 is 0 Å². The zero-order chi connectivity index (χ0) is 16.4. The molecule has 0 aliphatic heterocycles. The van der Waals surface area contributed by atoms with Crippen LogP contribution in [0.3, 0.4) is 0 Å². The average Bonchev–Trinajstić information content (AvgIpc) is 2.91. The van der Waals surface area contributed by atoms with Crippen molar-refractivity contribution in [2.45, 2.75) is 19.9 Å². The monoisotopic (exact) mass is 305 g/mol. The van der Waals surface area contributed by atoms with E-state index in [1.807, 2.05) is 25.1 Å². The van der Waals surface area contributed by atoms with Crippen LogP contribution in [0.2, 0.25) is 0 Å². The van der Waals surface area contributed by atoms with E-state index in [0.29, 0.717) is 0 Å². The third-order valence-corrected chi connectivity index (χ3v) is 2.71. The van der Waals surface area contributed by atoms with Crippen LogP contribution in [0.1, 0.15) is 17.1 Å². The van der Waals surface area contributed by atoms with Crippen molar-refractivity contribution in [1.29, 1.82) is 0 Å². The van der Waals surface area contributed by atoms with Crippen LogP contribution in [-0.4, -0.2) is 28.7 Å². The van der Waals surface area contributed by atoms with Gasteiger partial charge in [0.1, 0.15) is 11.5 Å². The lowest BCUT2D eigenvalue weighted by Gasteiger charge is -2.02. The molecule has 0 saturated carbocycles. The number of nitrogens with one attached hydrogen (secondary N) is 1. The van der Waals surface area contributed by atoms with Gasteiger partial charge < -0.3 is 19.9 Å². The maximum atomic E-state index is 9.10. The zero-order valence-electron chi connectivity index (χ0n) is 12.3. The van der Waals surface area contributed by atoms with Crippen molar-refractivity contribution in [2.75, 3.05) is 6.54 Å². The van der Waals surface area contributed by atoms with Gasteiger partial charge in [-0.3, -0.25) is 0 Å². The highest BCUT2D eigenvalue weighted by Gasteiger charge is 2.04. The summed E-state index contributed by atoms with van der Waals surface area (Å²) in [5.74, 6) is -1.67. The largest absolute Gasteiger partial charge is 0.473 e. The molecule has 0 atom stereocenters. The third-order valence-electron chi connectivity index (χ3n) is 2.71. The predicted octanol–water partition coefficient (Wildman–Crippen LogP) is 2.08. The van der Waals surface area contributed by atoms with Crippen LogP contribution in [0.5, 0.6) is 0 Å². The van der Waals surface area contributed by atoms with Gasteiger partial charge in [-0.2, -0.15) is 0 Å². The minimum absolute atomic E-state index is 0.806. The number of aryl methyl sites for hydroxylation is 1. The summed E-state index contributed by atoms with van der Waals surface area (Å²) in [6.07, 6.45) is 1.06. The highest BCUT2D eigenvalue weighted by Crippen LogP contribution is 2.05. The Balaban J connectivity index is 0.000000346. The van der Waals surface area contributed by atoms with Crippen molar-refractivity contribution in [3.8, 4) is 0 Å². The van der Waals surface area contributed by atoms with Gasteiger partial charge in [0.15, 0.2) is 0 Å². The third kappa shape index (κ3) is 7.25. The van der Waals surface area contributed by atoms with Gasteiger partial charge in [0.05, 0.1) is 6.54 Å². The fraction of sp³-hybridized carbons (Fsp3) is 0.250. The van der Waals surface area contributed by atoms with Gasteiger partial charge >= 0.3 is 11.9 Å². The van der Waals surface area contributed by atoms with Crippen molar-refractivity contribution in [1.82, 2.24) is 5.32 Å². The topological polar surface area (TPSA) is 99.8 Å². The molecular weight excluding hydrogens is 286 g/mol. The van der Waals surface area contributed by atoms with Crippen molar-refractivity contribution in [3.63, 3.8) is 0 Å². The first-order valence-electron chi connectivity index (χ1n) is 6.75. The van der Waals surface area contributed by atoms with E-state index < -0.39 is 11.9 Å². The molecule has 0 radical (unpaired) electrons. The summed E-state index contributed by atoms with van der Waals surface area (Å²) < 4.78 is 5.47. The molecule has 3 N–H and O–H groups in total. The van der Waals surface area contributed by atoms with E-state index in [9.17, 15) is 0 Å². The summed E-state index contributed by atoms with van der Waals surface area (Å²) in [7, 11) is 0. The van der Waals surface area contributed by atoms with Gasteiger partial charge in [-0.15, -0.1) is 0 Å². The molecule has 0 aliphatic carbocycles. The summed E-state index contributed by atoms with van der Waals surface area (Å²) >= 11 is 0. The Kier molecular flexibility index (Phi) is 7.42. The molecule has 0 unspecified atom stereocenters. The zero-order valence-corrected chi connectivity index (χ0v) is 12.3. The minimum Gasteiger partial charge on any atom is -0.473 e. The van der Waals surface area contributed by atoms with Crippen LogP contribution in [0, 0.1) is 6.92 Å². The van der Waals surface area contributed by atoms with Gasteiger partial charge in [-0.05, 0) is 37.6 Å². The summed E-state index contributed by atoms with van der Waals surface area (Å²) in [5, 5.41) is 18.2. The molecular formula is C16H19NO5. The Morgan fingerprint density at radius 2 is 1.68 bits per heavy atom. The molecule has 2 aromatic rings. The molecule has 118 valence electrons. The number of carbonyl (C=O) groups is 2. The Labute approximate surface area is 128 Å². The molecule has 22 heavy (non-hydrogen) atoms. The van der Waals surface area contributed by atoms with Crippen LogP contribution in [0.4, 0.5) is 0 Å². The summed E-state index contributed by atoms with van der Waals surface area (Å²) in [5.41, 5.74) is 1.37. The molecule has 0 spiro atoms. The van der Waals surface area contributed by atoms with E-state index in [1.165, 1.54) is 5.56 Å². The molecule has 6 heteroatoms. The molecule has 1 aromatic carbocycles. The molecule has 2 rings (SSSR count). The molecule has 1 aromatic heterocycles. The number of benzene rings is 1. The average molecular weight is 305 g/mol. The molecule has 0 aliphatic rings. The maximum absolute atomic E-state index is 9.10. The predicted molar refractivity (Wildman–Crippen MR) is 80.6 cm³/mol. The van der Waals surface area contributed by atoms with E-state index in [-0.39, 0.29) is 0 Å². The van der Waals surface area contributed by atoms with Crippen molar-refractivity contribution >= 4 is 11.9 Å². The van der Waals surface area contributed by atoms with E-state index in [2.05, 4.69) is 29.6 Å². The second-order valence-electron chi connectivity index (χ2n) is 4.54. The first kappa shape index (κ1) is 17.5. The summed E-state index contributed by atoms with van der Waals surface area (Å²) in [6.45, 7) is 3.75. The number of hydrogen-bond donors (Lipinski definition) is 3. The normalized spacial score (nSPS) is 9.68. The highest BCUT2D eigenvalue weighted by atomic mass is 16.4. The summed E-state index contributed by atoms with van der Waals surface area (Å²) in [6, 6.07) is 14.5. The Morgan fingerprint density at radius 3 is 2.18 bits per heavy atom. The Bertz CT molecular complexity index is 580. The quantitative estimate of drug-likeness (QED) is 0.577. The number of aliphatic carboxylic acids is 2. The lowest BCUT2D eigenvalue weighted by Crippen LogP contribution is -2.16. The first-order chi connectivity index (χ1) is 10.5. The molecule has 1 heterocycles. The molecule has 0 amide bonds. The van der Waals surface area contributed by atoms with Gasteiger partial charge in [-0.1, -0.05) is 30.3 Å². The number of carboxylic acids is 2. The lowest BCUT2D eigenvalue weighted by molar-refractivity contribution is -0.159. The maximum Gasteiger partial charge on any atom is 0.414 e. The molecule has 0 fully saturated rings. The van der Waals surface area contributed by atoms with Crippen LogP contribution >= 0.6 is 0 Å². The van der Waals surface area contributed by atoms with Gasteiger partial charge in [0, 0.05) is 0 Å². The standard InChI is InChI=1S/C14H17NO.C2H2O4/c1-12-7-8-14(16-12)11-15-10-9-13-5-3-2-4-6-13;3-1(4)2(5)6/h2-8,15H,9-11H2,1H3;(H,3,4)(H,5,6). The second kappa shape index (κ2) is 9.36. The highest BCUT2D eigenvalue weighted by molar-refractivity contribution is 6.27. The van der Waals surface area contributed by atoms with Gasteiger partial charge in [0.2, 0.25) is 0 Å². The first-order valence-corrected chi connectivity index (χ1v) is 6.75. The van der Waals surface area contributed by atoms with Crippen molar-refractivity contribution in [2.24, 2.45) is 0 Å². The molecule has 0 bridgehead atoms. The van der Waals surface area contributed by atoms with Gasteiger partial charge in [-0.25, -0.2) is 9.59 Å². The second-order valence-corrected chi connectivity index (χ2v) is 4.54. The molecule has 6 nitrogen and oxygen atoms in total. The number of hydrogen-bond acceptors (Lipinski definition) is 4. The fourth-order valence-electron chi connectivity index (χ4n) is 1.67. The van der Waals surface area contributed by atoms with Gasteiger partial charge in [0.25, 0.3) is 0 Å². The number of rotatable bonds is 5. The van der Waals surface area contributed by atoms with E-state index in [0.717, 1.165) is 31.0 Å². The van der Waals surface area contributed by atoms with Crippen LogP contribution < -0.4 is 5.32 Å². The van der Waals surface area contributed by atoms with Crippen molar-refractivity contribution < 1.29 is 24.2 Å². The Morgan fingerprint density at radius 1 is 1.05 bits per heavy atom. The number of furan rings is 1. The van der Waals surface area contributed by atoms with Crippen LogP contribution in [0.25, 0.3) is 0 Å². The number of carboxylic acid groups (broad SMARTS) is 2. The minimum atomic E-state index is -1.82. The van der Waals surface area contributed by atoms with Crippen molar-refractivity contribution in [3.05, 3.63) is 59.5 Å². The summed E-state index contributed by atoms with van der Waals surface area (Å²) in [4.78, 5) is 18.2. The van der Waals surface area contributed by atoms with E-state index in [1.54, 1.807) is 0 Å². The Hall–Kier alpha value is -2.60. The van der Waals surface area contributed by atoms with Crippen LogP contribution in [0.15, 0.2) is 46.9 Å². The smallest absolute Gasteiger partial charge is 0.414 e. The molecule has 0 saturated heterocycles. The SMILES string of the molecule is Cc1ccc(CNCCc2ccccc2)o1.O=C(O)C(=O)O.